The second kappa shape index (κ2) is 64.1. The molecule has 0 radical (unpaired) electrons. The third-order valence-corrected chi connectivity index (χ3v) is 20.5. The number of hydrogen-bond donors (Lipinski definition) is 12. The van der Waals surface area contributed by atoms with E-state index in [4.69, 9.17) is 28.4 Å². The summed E-state index contributed by atoms with van der Waals surface area (Å²) < 4.78 is 34.4. The van der Waals surface area contributed by atoms with Crippen molar-refractivity contribution in [3.63, 3.8) is 0 Å². The van der Waals surface area contributed by atoms with Crippen LogP contribution in [0.4, 0.5) is 0 Å². The second-order valence-electron chi connectivity index (χ2n) is 29.6. The Balaban J connectivity index is 1.29. The Morgan fingerprint density at radius 1 is 0.359 bits per heavy atom. The first-order chi connectivity index (χ1) is 50.3. The number of nitrogens with one attached hydrogen (secondary N) is 1. The molecule has 3 fully saturated rings. The van der Waals surface area contributed by atoms with Crippen molar-refractivity contribution in [1.82, 2.24) is 5.32 Å². The predicted molar refractivity (Wildman–Crippen MR) is 411 cm³/mol. The number of hydrogen-bond acceptors (Lipinski definition) is 18. The summed E-state index contributed by atoms with van der Waals surface area (Å²) >= 11 is 0. The molecule has 0 spiro atoms. The van der Waals surface area contributed by atoms with Crippen LogP contribution in [-0.4, -0.2) is 193 Å². The molecule has 0 aromatic rings. The number of amides is 1. The smallest absolute Gasteiger partial charge is 0.220 e. The number of carbonyl (C=O) groups is 1. The van der Waals surface area contributed by atoms with Gasteiger partial charge >= 0.3 is 0 Å². The summed E-state index contributed by atoms with van der Waals surface area (Å²) in [5, 5.41) is 121. The van der Waals surface area contributed by atoms with E-state index in [2.05, 4.69) is 79.9 Å². The van der Waals surface area contributed by atoms with Gasteiger partial charge in [0, 0.05) is 6.42 Å². The van der Waals surface area contributed by atoms with Gasteiger partial charge in [0.2, 0.25) is 5.91 Å². The van der Waals surface area contributed by atoms with Crippen LogP contribution >= 0.6 is 0 Å². The van der Waals surface area contributed by atoms with E-state index in [1.165, 1.54) is 225 Å². The van der Waals surface area contributed by atoms with Gasteiger partial charge < -0.3 is 89.9 Å². The highest BCUT2D eigenvalue weighted by Crippen LogP contribution is 2.33. The number of aliphatic hydroxyl groups is 11. The third-order valence-electron chi connectivity index (χ3n) is 20.5. The van der Waals surface area contributed by atoms with Crippen molar-refractivity contribution in [3.8, 4) is 0 Å². The summed E-state index contributed by atoms with van der Waals surface area (Å²) in [6.45, 7) is 1.63. The number of aliphatic hydroxyl groups excluding tert-OH is 11. The van der Waals surface area contributed by atoms with E-state index in [9.17, 15) is 61.0 Å². The van der Waals surface area contributed by atoms with E-state index in [-0.39, 0.29) is 18.9 Å². The first kappa shape index (κ1) is 94.4. The Bertz CT molecular complexity index is 2140. The van der Waals surface area contributed by atoms with E-state index in [0.717, 1.165) is 64.2 Å². The molecule has 0 aromatic heterocycles. The van der Waals surface area contributed by atoms with E-state index in [1.54, 1.807) is 6.08 Å². The lowest BCUT2D eigenvalue weighted by Crippen LogP contribution is -2.66. The Morgan fingerprint density at radius 3 is 1.09 bits per heavy atom. The van der Waals surface area contributed by atoms with Gasteiger partial charge in [-0.15, -0.1) is 0 Å². The predicted octanol–water partition coefficient (Wildman–Crippen LogP) is 14.4. The number of rotatable bonds is 66. The van der Waals surface area contributed by atoms with Gasteiger partial charge in [-0.1, -0.05) is 318 Å². The summed E-state index contributed by atoms with van der Waals surface area (Å²) in [5.41, 5.74) is 0. The van der Waals surface area contributed by atoms with E-state index < -0.39 is 124 Å². The van der Waals surface area contributed by atoms with Crippen LogP contribution < -0.4 is 5.32 Å². The van der Waals surface area contributed by atoms with Gasteiger partial charge in [-0.2, -0.15) is 0 Å². The molecule has 19 heteroatoms. The maximum Gasteiger partial charge on any atom is 0.220 e. The SMILES string of the molecule is CC/C=C\C/C=C\C/C=C\C/C=C\CCCCCCCCCCCCCCCCCCCCCCCCCCCCCCC(=O)NC(COC1OC(CO)C(OC2OC(CO)C(OC3OC(CO)C(O)C(O)C3O)C(O)C2O)C(O)C1O)C(O)/C=C/CC/C=C/CCCCCCCCCCCCC. The number of allylic oxidation sites excluding steroid dienone is 11. The largest absolute Gasteiger partial charge is 0.394 e. The van der Waals surface area contributed by atoms with Crippen LogP contribution in [0.15, 0.2) is 72.9 Å². The maximum atomic E-state index is 13.5. The zero-order chi connectivity index (χ0) is 74.6. The summed E-state index contributed by atoms with van der Waals surface area (Å²) in [7, 11) is 0. The average Bonchev–Trinajstić information content (AvgIpc) is 0.782. The second-order valence-corrected chi connectivity index (χ2v) is 29.6. The summed E-state index contributed by atoms with van der Waals surface area (Å²) in [5.74, 6) is -0.281. The summed E-state index contributed by atoms with van der Waals surface area (Å²) in [6, 6.07) is -0.990. The van der Waals surface area contributed by atoms with Gasteiger partial charge in [-0.05, 0) is 70.6 Å². The molecule has 19 nitrogen and oxygen atoms in total. The molecule has 12 N–H and O–H groups in total. The number of unbranched alkanes of at least 4 members (excludes halogenated alkanes) is 40. The van der Waals surface area contributed by atoms with Crippen molar-refractivity contribution in [3.05, 3.63) is 72.9 Å². The zero-order valence-corrected chi connectivity index (χ0v) is 64.3. The molecule has 3 aliphatic heterocycles. The van der Waals surface area contributed by atoms with Crippen molar-refractivity contribution in [2.75, 3.05) is 26.4 Å². The number of ether oxygens (including phenoxy) is 6. The van der Waals surface area contributed by atoms with Gasteiger partial charge in [0.1, 0.15) is 73.2 Å². The third kappa shape index (κ3) is 43.9. The highest BCUT2D eigenvalue weighted by atomic mass is 16.8. The standard InChI is InChI=1S/C84H151NO18/c1-3-5-7-9-11-13-15-17-19-21-22-23-24-25-26-27-28-29-30-31-32-33-34-35-36-37-38-39-40-41-42-43-44-46-48-50-52-54-56-58-60-62-72(90)85-67(68(89)61-59-57-55-53-51-49-47-45-20-18-16-14-12-10-8-6-4-2)66-98-82-78(96)75(93)80(70(64-87)100-82)103-84-79(97)76(94)81(71(65-88)101-84)102-83-77(95)74(92)73(91)69(63-86)99-83/h5,7,11,13,17,19,22-23,51,53,59,61,67-71,73-84,86-89,91-97H,3-4,6,8-10,12,14-16,18,20-21,24-50,52,54-58,60,62-66H2,1-2H3,(H,85,90)/b7-5-,13-11-,19-17-,23-22-,53-51+,61-59+. The van der Waals surface area contributed by atoms with Crippen LogP contribution in [0.5, 0.6) is 0 Å². The van der Waals surface area contributed by atoms with Crippen molar-refractivity contribution >= 4 is 5.91 Å². The van der Waals surface area contributed by atoms with E-state index in [0.29, 0.717) is 12.8 Å². The van der Waals surface area contributed by atoms with Crippen molar-refractivity contribution in [2.45, 2.75) is 426 Å². The van der Waals surface area contributed by atoms with Gasteiger partial charge in [-0.25, -0.2) is 0 Å². The first-order valence-electron chi connectivity index (χ1n) is 41.7. The van der Waals surface area contributed by atoms with Gasteiger partial charge in [0.25, 0.3) is 0 Å². The first-order valence-corrected chi connectivity index (χ1v) is 41.7. The minimum Gasteiger partial charge on any atom is -0.394 e. The van der Waals surface area contributed by atoms with Crippen LogP contribution in [0.3, 0.4) is 0 Å². The lowest BCUT2D eigenvalue weighted by molar-refractivity contribution is -0.379. The van der Waals surface area contributed by atoms with Crippen LogP contribution in [0.2, 0.25) is 0 Å². The molecule has 0 aromatic carbocycles. The Hall–Kier alpha value is -2.77. The normalized spacial score (nSPS) is 26.4. The molecule has 3 aliphatic rings. The van der Waals surface area contributed by atoms with Gasteiger partial charge in [-0.3, -0.25) is 4.79 Å². The van der Waals surface area contributed by atoms with Crippen molar-refractivity contribution in [2.24, 2.45) is 0 Å². The fraction of sp³-hybridized carbons (Fsp3) is 0.845. The Kier molecular flexibility index (Phi) is 58.8. The van der Waals surface area contributed by atoms with Crippen LogP contribution in [0, 0.1) is 0 Å². The topological polar surface area (TPSA) is 307 Å². The molecular weight excluding hydrogens is 1310 g/mol. The average molecular weight is 1460 g/mol. The van der Waals surface area contributed by atoms with Crippen molar-refractivity contribution in [1.29, 1.82) is 0 Å². The molecule has 103 heavy (non-hydrogen) atoms. The molecular formula is C84H151NO18. The fourth-order valence-corrected chi connectivity index (χ4v) is 13.8. The molecule has 600 valence electrons. The molecule has 0 saturated carbocycles. The lowest BCUT2D eigenvalue weighted by Gasteiger charge is -2.48. The molecule has 3 rings (SSSR count). The molecule has 17 atom stereocenters. The molecule has 0 aliphatic carbocycles. The monoisotopic (exact) mass is 1460 g/mol. The van der Waals surface area contributed by atoms with Gasteiger partial charge in [0.05, 0.1) is 38.6 Å². The van der Waals surface area contributed by atoms with Crippen LogP contribution in [0.1, 0.15) is 322 Å². The van der Waals surface area contributed by atoms with E-state index >= 15 is 0 Å². The molecule has 3 heterocycles. The van der Waals surface area contributed by atoms with Gasteiger partial charge in [0.15, 0.2) is 18.9 Å². The minimum absolute atomic E-state index is 0.238. The molecule has 1 amide bonds. The minimum atomic E-state index is -1.98. The Morgan fingerprint density at radius 2 is 0.680 bits per heavy atom. The van der Waals surface area contributed by atoms with Crippen LogP contribution in [0.25, 0.3) is 0 Å². The van der Waals surface area contributed by atoms with Crippen molar-refractivity contribution < 1.29 is 89.4 Å². The molecule has 3 saturated heterocycles. The Labute approximate surface area is 623 Å². The van der Waals surface area contributed by atoms with E-state index in [1.807, 2.05) is 6.08 Å². The van der Waals surface area contributed by atoms with Crippen LogP contribution in [-0.2, 0) is 33.2 Å². The highest BCUT2D eigenvalue weighted by molar-refractivity contribution is 5.76. The summed E-state index contributed by atoms with van der Waals surface area (Å²) in [4.78, 5) is 13.5. The fourth-order valence-electron chi connectivity index (χ4n) is 13.8. The number of carbonyl (C=O) groups excluding carboxylic acids is 1. The quantitative estimate of drug-likeness (QED) is 0.0199. The highest BCUT2D eigenvalue weighted by Gasteiger charge is 2.54. The molecule has 0 bridgehead atoms. The lowest BCUT2D eigenvalue weighted by atomic mass is 9.96. The molecule has 17 unspecified atom stereocenters. The maximum absolute atomic E-state index is 13.5. The summed E-state index contributed by atoms with van der Waals surface area (Å²) in [6.07, 6.45) is 57.8. The zero-order valence-electron chi connectivity index (χ0n) is 64.3.